The van der Waals surface area contributed by atoms with Crippen molar-refractivity contribution in [3.8, 4) is 0 Å². The molecule has 0 saturated carbocycles. The van der Waals surface area contributed by atoms with Gasteiger partial charge in [0.2, 0.25) is 0 Å². The molecule has 2 amide bonds. The van der Waals surface area contributed by atoms with E-state index in [0.29, 0.717) is 6.54 Å². The quantitative estimate of drug-likeness (QED) is 0.541. The predicted molar refractivity (Wildman–Crippen MR) is 116 cm³/mol. The van der Waals surface area contributed by atoms with Crippen LogP contribution < -0.4 is 10.6 Å². The van der Waals surface area contributed by atoms with E-state index in [1.807, 2.05) is 36.5 Å². The van der Waals surface area contributed by atoms with E-state index in [1.54, 1.807) is 0 Å². The number of para-hydroxylation sites is 1. The van der Waals surface area contributed by atoms with Crippen LogP contribution in [0.1, 0.15) is 12.8 Å². The summed E-state index contributed by atoms with van der Waals surface area (Å²) in [7, 11) is 0. The van der Waals surface area contributed by atoms with E-state index in [-0.39, 0.29) is 17.3 Å². The molecular weight excluding hydrogens is 370 g/mol. The minimum absolute atomic E-state index is 0.111. The highest BCUT2D eigenvalue weighted by Gasteiger charge is 2.27. The second-order valence-electron chi connectivity index (χ2n) is 6.92. The van der Waals surface area contributed by atoms with Crippen molar-refractivity contribution in [2.45, 2.75) is 18.2 Å². The first-order chi connectivity index (χ1) is 13.7. The van der Waals surface area contributed by atoms with Crippen LogP contribution in [0, 0.1) is 5.92 Å². The molecule has 2 aliphatic carbocycles. The molecule has 0 spiro atoms. The molecule has 0 saturated heterocycles. The summed E-state index contributed by atoms with van der Waals surface area (Å²) in [6, 6.07) is 9.16. The molecule has 1 aliphatic heterocycles. The fraction of sp³-hybridized carbons (Fsp3) is 0.217. The number of anilines is 1. The lowest BCUT2D eigenvalue weighted by Crippen LogP contribution is -2.31. The number of benzene rings is 1. The van der Waals surface area contributed by atoms with Crippen LogP contribution in [0.4, 0.5) is 10.5 Å². The summed E-state index contributed by atoms with van der Waals surface area (Å²) >= 11 is 6.62. The lowest BCUT2D eigenvalue weighted by atomic mass is 9.82. The molecule has 2 unspecified atom stereocenters. The first-order valence-corrected chi connectivity index (χ1v) is 9.91. The average Bonchev–Trinajstić information content (AvgIpc) is 2.73. The number of urea groups is 1. The standard InChI is InChI=1S/C23H22ClN3O/c24-21-11-10-16(15-26-23(28)27-18-7-2-1-3-8-18)14-20(21)22-19-9-5-4-6-17(19)12-13-25-22/h1-4,6-10,12-14,17,21H,5,11,15H2,(H2,26,27,28). The number of carbonyl (C=O) groups is 1. The Hall–Kier alpha value is -2.85. The smallest absolute Gasteiger partial charge is 0.319 e. The maximum absolute atomic E-state index is 12.1. The number of nitrogens with one attached hydrogen (secondary N) is 2. The molecule has 28 heavy (non-hydrogen) atoms. The third-order valence-electron chi connectivity index (χ3n) is 4.97. The Morgan fingerprint density at radius 3 is 2.86 bits per heavy atom. The maximum Gasteiger partial charge on any atom is 0.319 e. The number of aliphatic imine (C=N–C) groups is 1. The molecule has 0 radical (unpaired) electrons. The van der Waals surface area contributed by atoms with Crippen LogP contribution in [0.15, 0.2) is 94.7 Å². The second-order valence-corrected chi connectivity index (χ2v) is 7.45. The molecule has 1 aromatic carbocycles. The highest BCUT2D eigenvalue weighted by molar-refractivity contribution is 6.29. The van der Waals surface area contributed by atoms with Gasteiger partial charge < -0.3 is 10.6 Å². The van der Waals surface area contributed by atoms with E-state index in [4.69, 9.17) is 11.6 Å². The molecular formula is C23H22ClN3O. The Morgan fingerprint density at radius 1 is 1.14 bits per heavy atom. The lowest BCUT2D eigenvalue weighted by Gasteiger charge is -2.27. The molecule has 5 heteroatoms. The van der Waals surface area contributed by atoms with Gasteiger partial charge in [-0.1, -0.05) is 54.7 Å². The average molecular weight is 392 g/mol. The van der Waals surface area contributed by atoms with Crippen molar-refractivity contribution in [1.82, 2.24) is 5.32 Å². The first-order valence-electron chi connectivity index (χ1n) is 9.47. The van der Waals surface area contributed by atoms with Crippen LogP contribution >= 0.6 is 11.6 Å². The monoisotopic (exact) mass is 391 g/mol. The minimum Gasteiger partial charge on any atom is -0.334 e. The Morgan fingerprint density at radius 2 is 2.00 bits per heavy atom. The van der Waals surface area contributed by atoms with Gasteiger partial charge in [-0.05, 0) is 41.7 Å². The summed E-state index contributed by atoms with van der Waals surface area (Å²) < 4.78 is 0. The molecule has 4 nitrogen and oxygen atoms in total. The van der Waals surface area contributed by atoms with Gasteiger partial charge in [0, 0.05) is 24.4 Å². The Kier molecular flexibility index (Phi) is 5.58. The number of hydrogen-bond acceptors (Lipinski definition) is 2. The van der Waals surface area contributed by atoms with Crippen molar-refractivity contribution in [2.24, 2.45) is 10.9 Å². The van der Waals surface area contributed by atoms with Gasteiger partial charge in [-0.3, -0.25) is 4.99 Å². The van der Waals surface area contributed by atoms with Gasteiger partial charge in [-0.15, -0.1) is 11.6 Å². The van der Waals surface area contributed by atoms with Crippen LogP contribution in [0.3, 0.4) is 0 Å². The van der Waals surface area contributed by atoms with E-state index in [9.17, 15) is 4.79 Å². The van der Waals surface area contributed by atoms with E-state index < -0.39 is 0 Å². The lowest BCUT2D eigenvalue weighted by molar-refractivity contribution is 0.253. The third kappa shape index (κ3) is 4.18. The van der Waals surface area contributed by atoms with Gasteiger partial charge in [0.1, 0.15) is 0 Å². The molecule has 1 heterocycles. The van der Waals surface area contributed by atoms with E-state index >= 15 is 0 Å². The van der Waals surface area contributed by atoms with Crippen LogP contribution in [-0.2, 0) is 0 Å². The summed E-state index contributed by atoms with van der Waals surface area (Å²) in [6.07, 6.45) is 16.4. The third-order valence-corrected chi connectivity index (χ3v) is 5.38. The number of carbonyl (C=O) groups excluding carboxylic acids is 1. The van der Waals surface area contributed by atoms with Crippen LogP contribution in [-0.4, -0.2) is 23.7 Å². The Bertz CT molecular complexity index is 938. The number of rotatable bonds is 4. The van der Waals surface area contributed by atoms with Crippen LogP contribution in [0.2, 0.25) is 0 Å². The topological polar surface area (TPSA) is 53.5 Å². The molecule has 0 bridgehead atoms. The molecule has 4 rings (SSSR count). The van der Waals surface area contributed by atoms with Crippen LogP contribution in [0.25, 0.3) is 0 Å². The summed E-state index contributed by atoms with van der Waals surface area (Å²) in [5.41, 5.74) is 5.02. The van der Waals surface area contributed by atoms with Gasteiger partial charge in [0.25, 0.3) is 0 Å². The Balaban J connectivity index is 1.44. The fourth-order valence-corrected chi connectivity index (χ4v) is 3.81. The van der Waals surface area contributed by atoms with Gasteiger partial charge in [0.15, 0.2) is 0 Å². The number of halogens is 1. The molecule has 0 fully saturated rings. The molecule has 1 aromatic rings. The highest BCUT2D eigenvalue weighted by atomic mass is 35.5. The van der Waals surface area contributed by atoms with E-state index in [1.165, 1.54) is 5.57 Å². The Labute approximate surface area is 170 Å². The predicted octanol–water partition coefficient (Wildman–Crippen LogP) is 5.14. The van der Waals surface area contributed by atoms with Crippen molar-refractivity contribution >= 4 is 29.0 Å². The normalized spacial score (nSPS) is 23.0. The van der Waals surface area contributed by atoms with Crippen molar-refractivity contribution in [3.05, 3.63) is 89.7 Å². The number of nitrogens with zero attached hydrogens (tertiary/aromatic N) is 1. The van der Waals surface area contributed by atoms with Crippen molar-refractivity contribution in [2.75, 3.05) is 11.9 Å². The minimum atomic E-state index is -0.229. The second kappa shape index (κ2) is 8.44. The van der Waals surface area contributed by atoms with Crippen molar-refractivity contribution in [3.63, 3.8) is 0 Å². The van der Waals surface area contributed by atoms with E-state index in [2.05, 4.69) is 52.1 Å². The number of hydrogen-bond donors (Lipinski definition) is 2. The SMILES string of the molecule is O=C(NCC1=CCC(Cl)C(C2=NC=CC3C=CCC=C23)=C1)Nc1ccccc1. The first kappa shape index (κ1) is 18.5. The number of fused-ring (bicyclic) bond motifs is 1. The summed E-state index contributed by atoms with van der Waals surface area (Å²) in [6.45, 7) is 0.442. The zero-order chi connectivity index (χ0) is 19.3. The highest BCUT2D eigenvalue weighted by Crippen LogP contribution is 2.33. The van der Waals surface area contributed by atoms with E-state index in [0.717, 1.165) is 35.4 Å². The van der Waals surface area contributed by atoms with Gasteiger partial charge in [0.05, 0.1) is 11.1 Å². The number of amides is 2. The number of alkyl halides is 1. The molecule has 0 aromatic heterocycles. The molecule has 2 N–H and O–H groups in total. The molecule has 2 atom stereocenters. The van der Waals surface area contributed by atoms with Crippen molar-refractivity contribution in [1.29, 1.82) is 0 Å². The fourth-order valence-electron chi connectivity index (χ4n) is 3.56. The zero-order valence-corrected chi connectivity index (χ0v) is 16.2. The maximum atomic E-state index is 12.1. The molecule has 3 aliphatic rings. The van der Waals surface area contributed by atoms with Crippen LogP contribution in [0.5, 0.6) is 0 Å². The molecule has 142 valence electrons. The van der Waals surface area contributed by atoms with Gasteiger partial charge in [-0.25, -0.2) is 4.79 Å². The van der Waals surface area contributed by atoms with Gasteiger partial charge >= 0.3 is 6.03 Å². The summed E-state index contributed by atoms with van der Waals surface area (Å²) in [5.74, 6) is 0.273. The summed E-state index contributed by atoms with van der Waals surface area (Å²) in [5, 5.41) is 5.63. The number of allylic oxidation sites excluding steroid dienone is 7. The van der Waals surface area contributed by atoms with Crippen molar-refractivity contribution < 1.29 is 4.79 Å². The largest absolute Gasteiger partial charge is 0.334 e. The zero-order valence-electron chi connectivity index (χ0n) is 15.4. The summed E-state index contributed by atoms with van der Waals surface area (Å²) in [4.78, 5) is 16.8. The van der Waals surface area contributed by atoms with Gasteiger partial charge in [-0.2, -0.15) is 0 Å².